The van der Waals surface area contributed by atoms with Gasteiger partial charge in [-0.3, -0.25) is 14.5 Å². The second-order valence-electron chi connectivity index (χ2n) is 6.48. The van der Waals surface area contributed by atoms with Gasteiger partial charge in [-0.1, -0.05) is 54.6 Å². The van der Waals surface area contributed by atoms with E-state index in [1.54, 1.807) is 24.3 Å². The van der Waals surface area contributed by atoms with Crippen molar-refractivity contribution in [3.05, 3.63) is 89.0 Å². The molecular formula is C23H22ClNO2. The summed E-state index contributed by atoms with van der Waals surface area (Å²) >= 11 is 6.15. The molecule has 0 unspecified atom stereocenters. The van der Waals surface area contributed by atoms with E-state index in [0.717, 1.165) is 16.7 Å². The van der Waals surface area contributed by atoms with Crippen LogP contribution in [0.15, 0.2) is 66.8 Å². The molecule has 4 heteroatoms. The number of allylic oxidation sites excluding steroid dienone is 4. The van der Waals surface area contributed by atoms with Crippen molar-refractivity contribution >= 4 is 29.0 Å². The van der Waals surface area contributed by atoms with Crippen LogP contribution in [-0.2, 0) is 6.42 Å². The third-order valence-corrected chi connectivity index (χ3v) is 5.14. The minimum atomic E-state index is -0.373. The van der Waals surface area contributed by atoms with Crippen molar-refractivity contribution < 1.29 is 9.59 Å². The maximum atomic E-state index is 12.7. The van der Waals surface area contributed by atoms with E-state index >= 15 is 0 Å². The first-order chi connectivity index (χ1) is 13.1. The number of hydrogen-bond acceptors (Lipinski definition) is 2. The molecule has 2 aromatic carbocycles. The summed E-state index contributed by atoms with van der Waals surface area (Å²) in [5.41, 5.74) is 4.23. The molecule has 0 saturated carbocycles. The molecule has 1 heterocycles. The lowest BCUT2D eigenvalue weighted by atomic mass is 10.00. The predicted octanol–water partition coefficient (Wildman–Crippen LogP) is 5.11. The molecule has 0 bridgehead atoms. The lowest BCUT2D eigenvalue weighted by Gasteiger charge is -2.24. The van der Waals surface area contributed by atoms with Gasteiger partial charge >= 0.3 is 0 Å². The van der Waals surface area contributed by atoms with E-state index in [1.807, 2.05) is 32.1 Å². The molecule has 1 aliphatic rings. The highest BCUT2D eigenvalue weighted by Gasteiger charge is 2.39. The van der Waals surface area contributed by atoms with Crippen LogP contribution in [-0.4, -0.2) is 28.6 Å². The molecule has 1 atom stereocenters. The number of hydrogen-bond donors (Lipinski definition) is 0. The molecule has 0 saturated heterocycles. The van der Waals surface area contributed by atoms with E-state index in [0.29, 0.717) is 17.5 Å². The molecule has 2 amide bonds. The Morgan fingerprint density at radius 2 is 1.59 bits per heavy atom. The summed E-state index contributed by atoms with van der Waals surface area (Å²) in [6.07, 6.45) is 6.67. The summed E-state index contributed by atoms with van der Waals surface area (Å²) in [5, 5.41) is 0. The first kappa shape index (κ1) is 19.1. The smallest absolute Gasteiger partial charge is 0.261 e. The number of imide groups is 1. The molecular weight excluding hydrogens is 358 g/mol. The molecule has 0 N–H and O–H groups in total. The highest BCUT2D eigenvalue weighted by atomic mass is 35.5. The van der Waals surface area contributed by atoms with Crippen LogP contribution in [0.1, 0.15) is 45.7 Å². The lowest BCUT2D eigenvalue weighted by molar-refractivity contribution is 0.0599. The van der Waals surface area contributed by atoms with Crippen molar-refractivity contribution in [1.29, 1.82) is 0 Å². The van der Waals surface area contributed by atoms with Crippen LogP contribution < -0.4 is 0 Å². The zero-order valence-corrected chi connectivity index (χ0v) is 16.2. The summed E-state index contributed by atoms with van der Waals surface area (Å²) in [7, 11) is 0. The summed E-state index contributed by atoms with van der Waals surface area (Å²) < 4.78 is 0. The largest absolute Gasteiger partial charge is 0.270 e. The van der Waals surface area contributed by atoms with Crippen molar-refractivity contribution in [2.24, 2.45) is 0 Å². The molecule has 0 aliphatic carbocycles. The van der Waals surface area contributed by atoms with Crippen LogP contribution in [0.25, 0.3) is 5.57 Å². The van der Waals surface area contributed by atoms with Crippen molar-refractivity contribution in [3.63, 3.8) is 0 Å². The van der Waals surface area contributed by atoms with Gasteiger partial charge in [-0.2, -0.15) is 0 Å². The second-order valence-corrected chi connectivity index (χ2v) is 6.79. The molecule has 0 radical (unpaired) electrons. The number of amides is 2. The minimum Gasteiger partial charge on any atom is -0.270 e. The van der Waals surface area contributed by atoms with Gasteiger partial charge < -0.3 is 0 Å². The van der Waals surface area contributed by atoms with Crippen molar-refractivity contribution in [2.45, 2.75) is 26.3 Å². The van der Waals surface area contributed by atoms with Gasteiger partial charge in [0.15, 0.2) is 0 Å². The molecule has 0 fully saturated rings. The average Bonchev–Trinajstić information content (AvgIpc) is 2.96. The Labute approximate surface area is 165 Å². The monoisotopic (exact) mass is 379 g/mol. The fourth-order valence-corrected chi connectivity index (χ4v) is 3.65. The minimum absolute atomic E-state index is 0.200. The fourth-order valence-electron chi connectivity index (χ4n) is 3.40. The van der Waals surface area contributed by atoms with Crippen molar-refractivity contribution in [1.82, 2.24) is 4.90 Å². The number of carbonyl (C=O) groups excluding carboxylic acids is 2. The lowest BCUT2D eigenvalue weighted by Crippen LogP contribution is -2.42. The van der Waals surface area contributed by atoms with Gasteiger partial charge in [-0.25, -0.2) is 0 Å². The molecule has 3 nitrogen and oxygen atoms in total. The Bertz CT molecular complexity index is 877. The van der Waals surface area contributed by atoms with Crippen LogP contribution in [0.2, 0.25) is 0 Å². The highest BCUT2D eigenvalue weighted by Crippen LogP contribution is 2.26. The average molecular weight is 380 g/mol. The van der Waals surface area contributed by atoms with Crippen LogP contribution in [0.3, 0.4) is 0 Å². The maximum Gasteiger partial charge on any atom is 0.261 e. The molecule has 0 aromatic heterocycles. The van der Waals surface area contributed by atoms with E-state index in [-0.39, 0.29) is 23.7 Å². The van der Waals surface area contributed by atoms with Crippen molar-refractivity contribution in [3.8, 4) is 0 Å². The van der Waals surface area contributed by atoms with Gasteiger partial charge in [0.05, 0.1) is 17.2 Å². The highest BCUT2D eigenvalue weighted by molar-refractivity contribution is 6.23. The Hall–Kier alpha value is -2.65. The van der Waals surface area contributed by atoms with Gasteiger partial charge in [0, 0.05) is 5.88 Å². The van der Waals surface area contributed by atoms with E-state index in [9.17, 15) is 9.59 Å². The summed E-state index contributed by atoms with van der Waals surface area (Å²) in [4.78, 5) is 26.7. The Kier molecular flexibility index (Phi) is 5.92. The van der Waals surface area contributed by atoms with Gasteiger partial charge in [-0.05, 0) is 49.1 Å². The summed E-state index contributed by atoms with van der Waals surface area (Å²) in [5.74, 6) is -0.323. The third kappa shape index (κ3) is 3.74. The first-order valence-corrected chi connectivity index (χ1v) is 9.55. The number of nitrogens with zero attached hydrogens (tertiary/aromatic N) is 1. The second kappa shape index (κ2) is 8.36. The Morgan fingerprint density at radius 1 is 1.00 bits per heavy atom. The molecule has 27 heavy (non-hydrogen) atoms. The number of rotatable bonds is 6. The van der Waals surface area contributed by atoms with Gasteiger partial charge in [-0.15, -0.1) is 11.6 Å². The van der Waals surface area contributed by atoms with Gasteiger partial charge in [0.25, 0.3) is 11.8 Å². The third-order valence-electron chi connectivity index (χ3n) is 4.78. The van der Waals surface area contributed by atoms with E-state index in [4.69, 9.17) is 11.6 Å². The van der Waals surface area contributed by atoms with Crippen LogP contribution in [0, 0.1) is 0 Å². The SMILES string of the molecule is C/C=C\C(=C/C)c1ccc(C[C@H](CCl)N2C(=O)c3ccccc3C2=O)cc1. The molecule has 1 aliphatic heterocycles. The van der Waals surface area contributed by atoms with E-state index in [2.05, 4.69) is 24.3 Å². The predicted molar refractivity (Wildman–Crippen MR) is 110 cm³/mol. The topological polar surface area (TPSA) is 37.4 Å². The number of fused-ring (bicyclic) bond motifs is 1. The van der Waals surface area contributed by atoms with Crippen LogP contribution in [0.5, 0.6) is 0 Å². The summed E-state index contributed by atoms with van der Waals surface area (Å²) in [6.45, 7) is 4.00. The first-order valence-electron chi connectivity index (χ1n) is 9.02. The van der Waals surface area contributed by atoms with Crippen LogP contribution in [0.4, 0.5) is 0 Å². The molecule has 0 spiro atoms. The molecule has 2 aromatic rings. The number of carbonyl (C=O) groups is 2. The number of benzene rings is 2. The fraction of sp³-hybridized carbons (Fsp3) is 0.217. The van der Waals surface area contributed by atoms with Crippen molar-refractivity contribution in [2.75, 3.05) is 5.88 Å². The zero-order valence-electron chi connectivity index (χ0n) is 15.5. The molecule has 138 valence electrons. The Morgan fingerprint density at radius 3 is 2.07 bits per heavy atom. The van der Waals surface area contributed by atoms with Crippen LogP contribution >= 0.6 is 11.6 Å². The number of alkyl halides is 1. The zero-order chi connectivity index (χ0) is 19.4. The Balaban J connectivity index is 1.80. The normalized spacial score (nSPS) is 15.5. The molecule has 3 rings (SSSR count). The van der Waals surface area contributed by atoms with E-state index in [1.165, 1.54) is 4.90 Å². The maximum absolute atomic E-state index is 12.7. The van der Waals surface area contributed by atoms with E-state index < -0.39 is 0 Å². The number of halogens is 1. The quantitative estimate of drug-likeness (QED) is 0.397. The summed E-state index contributed by atoms with van der Waals surface area (Å²) in [6, 6.07) is 14.7. The standard InChI is InChI=1S/C23H22ClNO2/c1-3-7-17(4-2)18-12-10-16(11-13-18)14-19(15-24)25-22(26)20-8-5-6-9-21(20)23(25)27/h3-13,19H,14-15H2,1-2H3/b7-3-,17-4+/t19-/m1/s1. The van der Waals surface area contributed by atoms with Gasteiger partial charge in [0.1, 0.15) is 0 Å². The van der Waals surface area contributed by atoms with Gasteiger partial charge in [0.2, 0.25) is 0 Å².